The van der Waals surface area contributed by atoms with Gasteiger partial charge in [-0.15, -0.1) is 0 Å². The van der Waals surface area contributed by atoms with Gasteiger partial charge >= 0.3 is 0 Å². The van der Waals surface area contributed by atoms with Crippen LogP contribution >= 0.6 is 33.9 Å². The molecule has 0 aliphatic heterocycles. The van der Waals surface area contributed by atoms with Crippen LogP contribution in [0, 0.1) is 17.4 Å². The molecule has 3 aromatic carbocycles. The van der Waals surface area contributed by atoms with Gasteiger partial charge in [-0.2, -0.15) is 0 Å². The summed E-state index contributed by atoms with van der Waals surface area (Å²) in [4.78, 5) is 18.5. The van der Waals surface area contributed by atoms with Gasteiger partial charge in [-0.05, 0) is 89.0 Å². The molecule has 0 amide bonds. The molecule has 0 aliphatic carbocycles. The summed E-state index contributed by atoms with van der Waals surface area (Å²) in [5, 5.41) is 0. The SMILES string of the molecule is Cc1cc2nc3s/c(=C\c4ccc(OCc5ccccc5)c(I)c4)c(=O)n3c2cc1C. The first kappa shape index (κ1) is 20.2. The molecule has 6 heteroatoms. The number of thiazole rings is 1. The molecule has 0 atom stereocenters. The van der Waals surface area contributed by atoms with Crippen molar-refractivity contribution in [2.45, 2.75) is 20.5 Å². The van der Waals surface area contributed by atoms with E-state index in [1.165, 1.54) is 16.9 Å². The van der Waals surface area contributed by atoms with Crippen molar-refractivity contribution in [3.05, 3.63) is 101 Å². The number of fused-ring (bicyclic) bond motifs is 3. The van der Waals surface area contributed by atoms with Crippen molar-refractivity contribution in [3.63, 3.8) is 0 Å². The van der Waals surface area contributed by atoms with Gasteiger partial charge in [-0.3, -0.25) is 4.79 Å². The molecule has 5 aromatic rings. The zero-order valence-electron chi connectivity index (χ0n) is 17.1. The Morgan fingerprint density at radius 2 is 1.84 bits per heavy atom. The van der Waals surface area contributed by atoms with Crippen molar-refractivity contribution in [2.75, 3.05) is 0 Å². The summed E-state index contributed by atoms with van der Waals surface area (Å²) in [6, 6.07) is 20.2. The summed E-state index contributed by atoms with van der Waals surface area (Å²) in [5.41, 5.74) is 6.16. The number of halogens is 1. The van der Waals surface area contributed by atoms with Crippen LogP contribution in [0.4, 0.5) is 0 Å². The van der Waals surface area contributed by atoms with Crippen LogP contribution in [-0.2, 0) is 6.61 Å². The van der Waals surface area contributed by atoms with Gasteiger partial charge in [0.25, 0.3) is 5.56 Å². The van der Waals surface area contributed by atoms with E-state index in [9.17, 15) is 4.79 Å². The summed E-state index contributed by atoms with van der Waals surface area (Å²) >= 11 is 3.70. The molecule has 2 aromatic heterocycles. The van der Waals surface area contributed by atoms with E-state index in [-0.39, 0.29) is 5.56 Å². The lowest BCUT2D eigenvalue weighted by molar-refractivity contribution is 0.304. The lowest BCUT2D eigenvalue weighted by Crippen LogP contribution is -2.22. The maximum Gasteiger partial charge on any atom is 0.274 e. The highest BCUT2D eigenvalue weighted by Gasteiger charge is 2.12. The lowest BCUT2D eigenvalue weighted by atomic mass is 10.1. The van der Waals surface area contributed by atoms with Crippen LogP contribution in [0.3, 0.4) is 0 Å². The van der Waals surface area contributed by atoms with E-state index in [4.69, 9.17) is 4.74 Å². The fourth-order valence-electron chi connectivity index (χ4n) is 3.53. The summed E-state index contributed by atoms with van der Waals surface area (Å²) in [5.74, 6) is 0.835. The first-order valence-electron chi connectivity index (χ1n) is 9.90. The molecule has 0 bridgehead atoms. The normalized spacial score (nSPS) is 12.2. The smallest absolute Gasteiger partial charge is 0.274 e. The number of nitrogens with zero attached hydrogens (tertiary/aromatic N) is 2. The van der Waals surface area contributed by atoms with Crippen LogP contribution in [0.2, 0.25) is 0 Å². The highest BCUT2D eigenvalue weighted by molar-refractivity contribution is 14.1. The third kappa shape index (κ3) is 3.85. The molecule has 0 saturated carbocycles. The fraction of sp³-hybridized carbons (Fsp3) is 0.120. The van der Waals surface area contributed by atoms with E-state index < -0.39 is 0 Å². The minimum atomic E-state index is -0.0230. The molecule has 0 fully saturated rings. The number of rotatable bonds is 4. The molecule has 2 heterocycles. The Labute approximate surface area is 197 Å². The third-order valence-corrected chi connectivity index (χ3v) is 7.16. The van der Waals surface area contributed by atoms with Gasteiger partial charge in [0.05, 0.1) is 19.1 Å². The average molecular weight is 538 g/mol. The van der Waals surface area contributed by atoms with Crippen molar-refractivity contribution in [1.29, 1.82) is 0 Å². The number of imidazole rings is 1. The van der Waals surface area contributed by atoms with Crippen molar-refractivity contribution in [2.24, 2.45) is 0 Å². The molecule has 4 nitrogen and oxygen atoms in total. The van der Waals surface area contributed by atoms with Crippen LogP contribution in [0.1, 0.15) is 22.3 Å². The molecular formula is C25H19IN2O2S. The van der Waals surface area contributed by atoms with E-state index in [1.54, 1.807) is 4.40 Å². The molecule has 154 valence electrons. The fourth-order valence-corrected chi connectivity index (χ4v) is 5.21. The van der Waals surface area contributed by atoms with Gasteiger partial charge in [0.15, 0.2) is 4.96 Å². The van der Waals surface area contributed by atoms with Crippen LogP contribution in [0.5, 0.6) is 5.75 Å². The number of ether oxygens (including phenoxy) is 1. The Kier molecular flexibility index (Phi) is 5.27. The highest BCUT2D eigenvalue weighted by atomic mass is 127. The van der Waals surface area contributed by atoms with Crippen LogP contribution in [-0.4, -0.2) is 9.38 Å². The van der Waals surface area contributed by atoms with Crippen molar-refractivity contribution < 1.29 is 4.74 Å². The average Bonchev–Trinajstić information content (AvgIpc) is 3.24. The molecule has 0 radical (unpaired) electrons. The van der Waals surface area contributed by atoms with Crippen LogP contribution in [0.15, 0.2) is 65.5 Å². The Hall–Kier alpha value is -2.71. The van der Waals surface area contributed by atoms with Gasteiger partial charge in [0.2, 0.25) is 0 Å². The first-order valence-corrected chi connectivity index (χ1v) is 11.8. The quantitative estimate of drug-likeness (QED) is 0.294. The van der Waals surface area contributed by atoms with Gasteiger partial charge in [-0.1, -0.05) is 47.7 Å². The van der Waals surface area contributed by atoms with Crippen molar-refractivity contribution in [1.82, 2.24) is 9.38 Å². The maximum atomic E-state index is 13.1. The van der Waals surface area contributed by atoms with E-state index >= 15 is 0 Å². The minimum Gasteiger partial charge on any atom is -0.488 e. The van der Waals surface area contributed by atoms with Crippen LogP contribution in [0.25, 0.3) is 22.1 Å². The second-order valence-electron chi connectivity index (χ2n) is 7.53. The van der Waals surface area contributed by atoms with Crippen molar-refractivity contribution >= 4 is 56.0 Å². The van der Waals surface area contributed by atoms with Crippen molar-refractivity contribution in [3.8, 4) is 5.75 Å². The molecule has 0 unspecified atom stereocenters. The van der Waals surface area contributed by atoms with E-state index in [1.807, 2.05) is 66.7 Å². The van der Waals surface area contributed by atoms with Gasteiger partial charge in [0, 0.05) is 0 Å². The minimum absolute atomic E-state index is 0.0230. The van der Waals surface area contributed by atoms with E-state index in [0.717, 1.165) is 42.0 Å². The summed E-state index contributed by atoms with van der Waals surface area (Å²) in [7, 11) is 0. The largest absolute Gasteiger partial charge is 0.488 e. The molecule has 0 saturated heterocycles. The first-order chi connectivity index (χ1) is 15.0. The van der Waals surface area contributed by atoms with Crippen LogP contribution < -0.4 is 14.8 Å². The zero-order valence-corrected chi connectivity index (χ0v) is 20.0. The Morgan fingerprint density at radius 1 is 1.06 bits per heavy atom. The second kappa shape index (κ2) is 8.09. The molecular weight excluding hydrogens is 519 g/mol. The summed E-state index contributed by atoms with van der Waals surface area (Å²) < 4.78 is 9.37. The Morgan fingerprint density at radius 3 is 2.61 bits per heavy atom. The number of aryl methyl sites for hydroxylation is 2. The molecule has 0 aliphatic rings. The third-order valence-electron chi connectivity index (χ3n) is 5.35. The van der Waals surface area contributed by atoms with E-state index in [0.29, 0.717) is 11.1 Å². The molecule has 5 rings (SSSR count). The molecule has 31 heavy (non-hydrogen) atoms. The summed E-state index contributed by atoms with van der Waals surface area (Å²) in [6.07, 6.45) is 1.93. The number of hydrogen-bond acceptors (Lipinski definition) is 4. The zero-order chi connectivity index (χ0) is 21.5. The predicted octanol–water partition coefficient (Wildman–Crippen LogP) is 5.26. The lowest BCUT2D eigenvalue weighted by Gasteiger charge is -2.08. The second-order valence-corrected chi connectivity index (χ2v) is 9.71. The number of aromatic nitrogens is 2. The Balaban J connectivity index is 1.48. The van der Waals surface area contributed by atoms with E-state index in [2.05, 4.69) is 41.4 Å². The standard InChI is InChI=1S/C25H19IN2O2S/c1-15-10-20-21(11-16(15)2)28-24(29)23(31-25(28)27-20)13-18-8-9-22(19(26)12-18)30-14-17-6-4-3-5-7-17/h3-13H,14H2,1-2H3/b23-13-. The predicted molar refractivity (Wildman–Crippen MR) is 135 cm³/mol. The van der Waals surface area contributed by atoms with Gasteiger partial charge in [0.1, 0.15) is 12.4 Å². The topological polar surface area (TPSA) is 43.6 Å². The number of hydrogen-bond donors (Lipinski definition) is 0. The van der Waals surface area contributed by atoms with Gasteiger partial charge < -0.3 is 4.74 Å². The highest BCUT2D eigenvalue weighted by Crippen LogP contribution is 2.24. The Bertz CT molecular complexity index is 1540. The maximum absolute atomic E-state index is 13.1. The monoisotopic (exact) mass is 538 g/mol. The molecule has 0 N–H and O–H groups in total. The number of benzene rings is 3. The van der Waals surface area contributed by atoms with Gasteiger partial charge in [-0.25, -0.2) is 9.38 Å². The summed E-state index contributed by atoms with van der Waals surface area (Å²) in [6.45, 7) is 4.65. The molecule has 0 spiro atoms.